The predicted molar refractivity (Wildman–Crippen MR) is 96.3 cm³/mol. The van der Waals surface area contributed by atoms with E-state index >= 15 is 0 Å². The predicted octanol–water partition coefficient (Wildman–Crippen LogP) is 1.33. The molecule has 0 spiro atoms. The van der Waals surface area contributed by atoms with Crippen LogP contribution in [0.1, 0.15) is 0 Å². The minimum absolute atomic E-state index is 0.0931. The Balaban J connectivity index is 3.15. The van der Waals surface area contributed by atoms with Crippen LogP contribution in [0.15, 0.2) is 24.8 Å². The standard InChI is InChI=1S/C16H25N5O3/c1-6-15(22)19-12-9-11(20-16(17)18-2)13(23-5)10-14(12)24-8-7-21(3)4/h6,9-10H,1,7-8H2,2-5H3,(H,19,22)(H3,17,18,20). The normalized spacial score (nSPS) is 10.0. The number of anilines is 2. The molecule has 0 heterocycles. The van der Waals surface area contributed by atoms with Gasteiger partial charge in [0.1, 0.15) is 18.1 Å². The number of guanidine groups is 1. The summed E-state index contributed by atoms with van der Waals surface area (Å²) in [6.07, 6.45) is 1.18. The van der Waals surface area contributed by atoms with Crippen LogP contribution in [0.3, 0.4) is 0 Å². The number of likely N-dealkylation sites (N-methyl/N-ethyl adjacent to an activating group) is 1. The highest BCUT2D eigenvalue weighted by Gasteiger charge is 2.14. The van der Waals surface area contributed by atoms with Crippen molar-refractivity contribution in [2.24, 2.45) is 0 Å². The second-order valence-electron chi connectivity index (χ2n) is 5.14. The Morgan fingerprint density at radius 1 is 1.29 bits per heavy atom. The molecule has 0 aliphatic carbocycles. The van der Waals surface area contributed by atoms with E-state index in [2.05, 4.69) is 22.5 Å². The third-order valence-electron chi connectivity index (χ3n) is 3.05. The first kappa shape index (κ1) is 19.3. The van der Waals surface area contributed by atoms with Gasteiger partial charge in [0, 0.05) is 19.7 Å². The van der Waals surface area contributed by atoms with Crippen molar-refractivity contribution in [3.63, 3.8) is 0 Å². The van der Waals surface area contributed by atoms with Crippen molar-refractivity contribution in [2.45, 2.75) is 0 Å². The molecular weight excluding hydrogens is 310 g/mol. The Bertz CT molecular complexity index is 602. The topological polar surface area (TPSA) is 98.7 Å². The third kappa shape index (κ3) is 5.81. The summed E-state index contributed by atoms with van der Waals surface area (Å²) in [6, 6.07) is 3.32. The van der Waals surface area contributed by atoms with Crippen LogP contribution in [0.25, 0.3) is 0 Å². The van der Waals surface area contributed by atoms with E-state index in [1.807, 2.05) is 19.0 Å². The smallest absolute Gasteiger partial charge is 0.247 e. The molecule has 1 amide bonds. The van der Waals surface area contributed by atoms with Crippen molar-refractivity contribution in [1.82, 2.24) is 10.2 Å². The second kappa shape index (κ2) is 9.41. The Morgan fingerprint density at radius 3 is 2.50 bits per heavy atom. The zero-order valence-corrected chi connectivity index (χ0v) is 14.5. The van der Waals surface area contributed by atoms with Gasteiger partial charge in [-0.25, -0.2) is 0 Å². The van der Waals surface area contributed by atoms with E-state index < -0.39 is 0 Å². The molecule has 1 rings (SSSR count). The van der Waals surface area contributed by atoms with Crippen LogP contribution in [0.4, 0.5) is 11.4 Å². The quantitative estimate of drug-likeness (QED) is 0.325. The lowest BCUT2D eigenvalue weighted by atomic mass is 10.2. The highest BCUT2D eigenvalue weighted by molar-refractivity contribution is 6.01. The Kier molecular flexibility index (Phi) is 7.57. The fourth-order valence-electron chi connectivity index (χ4n) is 1.76. The molecule has 0 saturated carbocycles. The summed E-state index contributed by atoms with van der Waals surface area (Å²) >= 11 is 0. The van der Waals surface area contributed by atoms with Gasteiger partial charge in [-0.3, -0.25) is 10.2 Å². The van der Waals surface area contributed by atoms with Crippen LogP contribution in [0.5, 0.6) is 11.5 Å². The molecule has 132 valence electrons. The summed E-state index contributed by atoms with van der Waals surface area (Å²) in [5, 5.41) is 15.9. The van der Waals surface area contributed by atoms with Gasteiger partial charge in [0.25, 0.3) is 0 Å². The van der Waals surface area contributed by atoms with E-state index in [-0.39, 0.29) is 11.9 Å². The molecule has 24 heavy (non-hydrogen) atoms. The Hall–Kier alpha value is -2.74. The summed E-state index contributed by atoms with van der Waals surface area (Å²) in [7, 11) is 7.04. The first-order valence-corrected chi connectivity index (χ1v) is 7.37. The molecule has 8 nitrogen and oxygen atoms in total. The van der Waals surface area contributed by atoms with Crippen LogP contribution in [0.2, 0.25) is 0 Å². The van der Waals surface area contributed by atoms with E-state index in [0.29, 0.717) is 29.5 Å². The van der Waals surface area contributed by atoms with Crippen molar-refractivity contribution in [1.29, 1.82) is 5.41 Å². The SMILES string of the molecule is C=CC(=O)Nc1cc(NC(=N)NC)c(OC)cc1OCCN(C)C. The lowest BCUT2D eigenvalue weighted by Gasteiger charge is -2.18. The number of methoxy groups -OCH3 is 1. The zero-order valence-electron chi connectivity index (χ0n) is 14.5. The Morgan fingerprint density at radius 2 is 1.96 bits per heavy atom. The largest absolute Gasteiger partial charge is 0.494 e. The molecule has 4 N–H and O–H groups in total. The molecule has 1 aromatic carbocycles. The molecular formula is C16H25N5O3. The van der Waals surface area contributed by atoms with Gasteiger partial charge in [0.15, 0.2) is 5.96 Å². The number of hydrogen-bond donors (Lipinski definition) is 4. The minimum atomic E-state index is -0.354. The summed E-state index contributed by atoms with van der Waals surface area (Å²) < 4.78 is 11.1. The Labute approximate surface area is 142 Å². The van der Waals surface area contributed by atoms with Gasteiger partial charge in [-0.1, -0.05) is 6.58 Å². The fraction of sp³-hybridized carbons (Fsp3) is 0.375. The first-order chi connectivity index (χ1) is 11.4. The maximum Gasteiger partial charge on any atom is 0.247 e. The van der Waals surface area contributed by atoms with E-state index in [9.17, 15) is 4.79 Å². The summed E-state index contributed by atoms with van der Waals surface area (Å²) in [6.45, 7) is 4.62. The van der Waals surface area contributed by atoms with Gasteiger partial charge < -0.3 is 30.3 Å². The average molecular weight is 335 g/mol. The molecule has 0 atom stereocenters. The number of carbonyl (C=O) groups is 1. The average Bonchev–Trinajstić information content (AvgIpc) is 2.55. The molecule has 0 saturated heterocycles. The monoisotopic (exact) mass is 335 g/mol. The second-order valence-corrected chi connectivity index (χ2v) is 5.14. The number of nitrogens with zero attached hydrogens (tertiary/aromatic N) is 1. The van der Waals surface area contributed by atoms with E-state index in [0.717, 1.165) is 6.54 Å². The van der Waals surface area contributed by atoms with E-state index in [4.69, 9.17) is 14.9 Å². The van der Waals surface area contributed by atoms with Crippen molar-refractivity contribution < 1.29 is 14.3 Å². The molecule has 8 heteroatoms. The number of nitrogens with one attached hydrogen (secondary N) is 4. The molecule has 0 aliphatic rings. The number of benzene rings is 1. The number of hydrogen-bond acceptors (Lipinski definition) is 5. The van der Waals surface area contributed by atoms with Crippen LogP contribution in [0, 0.1) is 5.41 Å². The van der Waals surface area contributed by atoms with Crippen LogP contribution < -0.4 is 25.4 Å². The molecule has 0 radical (unpaired) electrons. The van der Waals surface area contributed by atoms with Gasteiger partial charge in [-0.15, -0.1) is 0 Å². The highest BCUT2D eigenvalue weighted by atomic mass is 16.5. The number of rotatable bonds is 8. The molecule has 0 fully saturated rings. The maximum absolute atomic E-state index is 11.7. The summed E-state index contributed by atoms with van der Waals surface area (Å²) in [4.78, 5) is 13.6. The lowest BCUT2D eigenvalue weighted by molar-refractivity contribution is -0.111. The summed E-state index contributed by atoms with van der Waals surface area (Å²) in [5.41, 5.74) is 0.988. The van der Waals surface area contributed by atoms with E-state index in [1.54, 1.807) is 19.2 Å². The van der Waals surface area contributed by atoms with Crippen LogP contribution in [-0.4, -0.2) is 58.2 Å². The van der Waals surface area contributed by atoms with Gasteiger partial charge in [-0.2, -0.15) is 0 Å². The highest BCUT2D eigenvalue weighted by Crippen LogP contribution is 2.36. The maximum atomic E-state index is 11.7. The van der Waals surface area contributed by atoms with Crippen molar-refractivity contribution in [3.8, 4) is 11.5 Å². The zero-order chi connectivity index (χ0) is 18.1. The number of ether oxygens (including phenoxy) is 2. The fourth-order valence-corrected chi connectivity index (χ4v) is 1.76. The first-order valence-electron chi connectivity index (χ1n) is 7.37. The lowest BCUT2D eigenvalue weighted by Crippen LogP contribution is -2.26. The number of carbonyl (C=O) groups excluding carboxylic acids is 1. The van der Waals surface area contributed by atoms with Gasteiger partial charge in [0.2, 0.25) is 5.91 Å². The molecule has 1 aromatic rings. The van der Waals surface area contributed by atoms with Crippen LogP contribution in [-0.2, 0) is 4.79 Å². The number of amides is 1. The van der Waals surface area contributed by atoms with E-state index in [1.165, 1.54) is 13.2 Å². The van der Waals surface area contributed by atoms with Crippen LogP contribution >= 0.6 is 0 Å². The third-order valence-corrected chi connectivity index (χ3v) is 3.05. The van der Waals surface area contributed by atoms with Gasteiger partial charge >= 0.3 is 0 Å². The summed E-state index contributed by atoms with van der Waals surface area (Å²) in [5.74, 6) is 0.708. The molecule has 0 aromatic heterocycles. The molecule has 0 unspecified atom stereocenters. The molecule has 0 aliphatic heterocycles. The van der Waals surface area contributed by atoms with Crippen molar-refractivity contribution in [3.05, 3.63) is 24.8 Å². The van der Waals surface area contributed by atoms with Gasteiger partial charge in [0.05, 0.1) is 18.5 Å². The molecule has 0 bridgehead atoms. The minimum Gasteiger partial charge on any atom is -0.494 e. The van der Waals surface area contributed by atoms with Crippen molar-refractivity contribution in [2.75, 3.05) is 52.0 Å². The van der Waals surface area contributed by atoms with Gasteiger partial charge in [-0.05, 0) is 26.2 Å². The van der Waals surface area contributed by atoms with Crippen molar-refractivity contribution >= 4 is 23.2 Å².